The number of unbranched alkanes of at least 4 members (excludes halogenated alkanes) is 6. The number of phenols is 2. The lowest BCUT2D eigenvalue weighted by Gasteiger charge is -2.16. The summed E-state index contributed by atoms with van der Waals surface area (Å²) in [4.78, 5) is 12.1. The van der Waals surface area contributed by atoms with Crippen LogP contribution in [0.5, 0.6) is 11.5 Å². The van der Waals surface area contributed by atoms with Crippen LogP contribution in [0.4, 0.5) is 5.69 Å². The second-order valence-corrected chi connectivity index (χ2v) is 6.37. The van der Waals surface area contributed by atoms with E-state index in [-0.39, 0.29) is 17.4 Å². The number of benzene rings is 1. The lowest BCUT2D eigenvalue weighted by molar-refractivity contribution is -0.116. The fourth-order valence-corrected chi connectivity index (χ4v) is 2.72. The van der Waals surface area contributed by atoms with Crippen LogP contribution in [0, 0.1) is 20.8 Å². The van der Waals surface area contributed by atoms with Gasteiger partial charge in [0, 0.05) is 12.0 Å². The van der Waals surface area contributed by atoms with Crippen LogP contribution in [0.25, 0.3) is 0 Å². The van der Waals surface area contributed by atoms with E-state index in [0.29, 0.717) is 28.8 Å². The van der Waals surface area contributed by atoms with E-state index < -0.39 is 0 Å². The largest absolute Gasteiger partial charge is 0.507 e. The van der Waals surface area contributed by atoms with Crippen LogP contribution in [0.2, 0.25) is 0 Å². The molecular weight excluding hydrogens is 290 g/mol. The Balaban J connectivity index is 2.49. The highest BCUT2D eigenvalue weighted by atomic mass is 16.3. The molecule has 4 heteroatoms. The minimum atomic E-state index is -0.111. The Morgan fingerprint density at radius 1 is 0.826 bits per heavy atom. The lowest BCUT2D eigenvalue weighted by atomic mass is 10.0. The average Bonchev–Trinajstić information content (AvgIpc) is 2.54. The molecule has 1 amide bonds. The van der Waals surface area contributed by atoms with Gasteiger partial charge in [-0.15, -0.1) is 0 Å². The standard InChI is InChI=1S/C19H31NO3/c1-5-6-7-8-9-10-11-12-16(21)20-17-15(4)18(22)13(2)14(3)19(17)23/h22-23H,5-12H2,1-4H3,(H,20,21). The molecule has 23 heavy (non-hydrogen) atoms. The summed E-state index contributed by atoms with van der Waals surface area (Å²) in [7, 11) is 0. The summed E-state index contributed by atoms with van der Waals surface area (Å²) in [6.07, 6.45) is 8.57. The first-order chi connectivity index (χ1) is 10.9. The summed E-state index contributed by atoms with van der Waals surface area (Å²) in [5.74, 6) is 0.0665. The van der Waals surface area contributed by atoms with Crippen molar-refractivity contribution < 1.29 is 15.0 Å². The summed E-state index contributed by atoms with van der Waals surface area (Å²) in [5.41, 5.74) is 2.08. The van der Waals surface area contributed by atoms with Crippen LogP contribution in [-0.2, 0) is 4.79 Å². The summed E-state index contributed by atoms with van der Waals surface area (Å²) >= 11 is 0. The van der Waals surface area contributed by atoms with Crippen LogP contribution in [0.1, 0.15) is 75.0 Å². The Hall–Kier alpha value is -1.71. The number of hydrogen-bond donors (Lipinski definition) is 3. The summed E-state index contributed by atoms with van der Waals surface area (Å²) in [6, 6.07) is 0. The van der Waals surface area contributed by atoms with Gasteiger partial charge in [-0.3, -0.25) is 4.79 Å². The van der Waals surface area contributed by atoms with Crippen LogP contribution in [0.3, 0.4) is 0 Å². The van der Waals surface area contributed by atoms with Gasteiger partial charge in [0.25, 0.3) is 0 Å². The van der Waals surface area contributed by atoms with Crippen LogP contribution in [-0.4, -0.2) is 16.1 Å². The average molecular weight is 321 g/mol. The molecule has 0 heterocycles. The van der Waals surface area contributed by atoms with Gasteiger partial charge >= 0.3 is 0 Å². The molecule has 0 unspecified atom stereocenters. The van der Waals surface area contributed by atoms with Crippen molar-refractivity contribution in [3.05, 3.63) is 16.7 Å². The van der Waals surface area contributed by atoms with E-state index >= 15 is 0 Å². The number of carbonyl (C=O) groups excluding carboxylic acids is 1. The maximum absolute atomic E-state index is 12.1. The van der Waals surface area contributed by atoms with Gasteiger partial charge in [0.15, 0.2) is 0 Å². The summed E-state index contributed by atoms with van der Waals surface area (Å²) in [5, 5.41) is 23.0. The topological polar surface area (TPSA) is 69.6 Å². The van der Waals surface area contributed by atoms with Gasteiger partial charge in [0.05, 0.1) is 5.69 Å². The van der Waals surface area contributed by atoms with Crippen molar-refractivity contribution in [3.63, 3.8) is 0 Å². The number of aromatic hydroxyl groups is 2. The molecule has 130 valence electrons. The minimum absolute atomic E-state index is 0.0470. The normalized spacial score (nSPS) is 10.8. The Morgan fingerprint density at radius 2 is 1.35 bits per heavy atom. The van der Waals surface area contributed by atoms with E-state index in [0.717, 1.165) is 12.8 Å². The monoisotopic (exact) mass is 321 g/mol. The second kappa shape index (κ2) is 9.43. The molecule has 0 bridgehead atoms. The molecule has 0 aliphatic carbocycles. The van der Waals surface area contributed by atoms with Crippen molar-refractivity contribution >= 4 is 11.6 Å². The van der Waals surface area contributed by atoms with E-state index in [9.17, 15) is 15.0 Å². The highest BCUT2D eigenvalue weighted by Gasteiger charge is 2.17. The smallest absolute Gasteiger partial charge is 0.224 e. The predicted octanol–water partition coefficient (Wildman–Crippen LogP) is 5.10. The molecule has 1 aromatic rings. The molecule has 0 saturated heterocycles. The predicted molar refractivity (Wildman–Crippen MR) is 95.2 cm³/mol. The molecule has 0 fully saturated rings. The molecule has 0 radical (unpaired) electrons. The SMILES string of the molecule is CCCCCCCCCC(=O)Nc1c(C)c(O)c(C)c(C)c1O. The van der Waals surface area contributed by atoms with Crippen LogP contribution in [0.15, 0.2) is 0 Å². The first-order valence-corrected chi connectivity index (χ1v) is 8.71. The summed E-state index contributed by atoms with van der Waals surface area (Å²) in [6.45, 7) is 7.38. The number of amides is 1. The molecule has 3 N–H and O–H groups in total. The molecule has 0 atom stereocenters. The van der Waals surface area contributed by atoms with E-state index in [1.807, 2.05) is 0 Å². The third-order valence-corrected chi connectivity index (χ3v) is 4.51. The number of carbonyl (C=O) groups is 1. The zero-order valence-corrected chi connectivity index (χ0v) is 15.0. The number of anilines is 1. The molecule has 0 aliphatic heterocycles. The Bertz CT molecular complexity index is 509. The maximum atomic E-state index is 12.1. The molecule has 0 saturated carbocycles. The summed E-state index contributed by atoms with van der Waals surface area (Å²) < 4.78 is 0. The van der Waals surface area contributed by atoms with Crippen LogP contribution < -0.4 is 5.32 Å². The number of nitrogens with one attached hydrogen (secondary N) is 1. The van der Waals surface area contributed by atoms with Gasteiger partial charge in [-0.1, -0.05) is 45.4 Å². The highest BCUT2D eigenvalue weighted by Crippen LogP contribution is 2.40. The first kappa shape index (κ1) is 19.3. The third-order valence-electron chi connectivity index (χ3n) is 4.51. The van der Waals surface area contributed by atoms with Gasteiger partial charge in [-0.2, -0.15) is 0 Å². The van der Waals surface area contributed by atoms with E-state index in [1.165, 1.54) is 32.1 Å². The molecule has 1 rings (SSSR count). The highest BCUT2D eigenvalue weighted by molar-refractivity contribution is 5.94. The second-order valence-electron chi connectivity index (χ2n) is 6.37. The molecule has 0 aliphatic rings. The fraction of sp³-hybridized carbons (Fsp3) is 0.632. The van der Waals surface area contributed by atoms with Crippen LogP contribution >= 0.6 is 0 Å². The Kier molecular flexibility index (Phi) is 7.93. The van der Waals surface area contributed by atoms with Gasteiger partial charge in [-0.05, 0) is 38.3 Å². The zero-order chi connectivity index (χ0) is 17.4. The van der Waals surface area contributed by atoms with Gasteiger partial charge in [0.1, 0.15) is 11.5 Å². The van der Waals surface area contributed by atoms with Crippen molar-refractivity contribution in [2.24, 2.45) is 0 Å². The minimum Gasteiger partial charge on any atom is -0.507 e. The molecule has 1 aromatic carbocycles. The number of rotatable bonds is 9. The van der Waals surface area contributed by atoms with Crippen molar-refractivity contribution in [3.8, 4) is 11.5 Å². The van der Waals surface area contributed by atoms with Crippen molar-refractivity contribution in [1.29, 1.82) is 0 Å². The maximum Gasteiger partial charge on any atom is 0.224 e. The van der Waals surface area contributed by atoms with Gasteiger partial charge in [-0.25, -0.2) is 0 Å². The zero-order valence-electron chi connectivity index (χ0n) is 15.0. The quantitative estimate of drug-likeness (QED) is 0.336. The number of hydrogen-bond acceptors (Lipinski definition) is 3. The lowest BCUT2D eigenvalue weighted by Crippen LogP contribution is -2.13. The van der Waals surface area contributed by atoms with E-state index in [4.69, 9.17) is 0 Å². The molecule has 0 aromatic heterocycles. The fourth-order valence-electron chi connectivity index (χ4n) is 2.72. The van der Waals surface area contributed by atoms with Crippen molar-refractivity contribution in [2.45, 2.75) is 79.1 Å². The Morgan fingerprint density at radius 3 is 1.96 bits per heavy atom. The van der Waals surface area contributed by atoms with Crippen molar-refractivity contribution in [2.75, 3.05) is 5.32 Å². The van der Waals surface area contributed by atoms with Gasteiger partial charge in [0.2, 0.25) is 5.91 Å². The van der Waals surface area contributed by atoms with E-state index in [1.54, 1.807) is 20.8 Å². The van der Waals surface area contributed by atoms with E-state index in [2.05, 4.69) is 12.2 Å². The molecule has 0 spiro atoms. The molecule has 4 nitrogen and oxygen atoms in total. The number of phenolic OH excluding ortho intramolecular Hbond substituents is 2. The third kappa shape index (κ3) is 5.45. The Labute approximate surface area is 139 Å². The van der Waals surface area contributed by atoms with Gasteiger partial charge < -0.3 is 15.5 Å². The first-order valence-electron chi connectivity index (χ1n) is 8.71. The molecular formula is C19H31NO3. The van der Waals surface area contributed by atoms with Crippen molar-refractivity contribution in [1.82, 2.24) is 0 Å².